The molecule has 98 valence electrons. The number of nitrogens with zero attached hydrogens (tertiary/aromatic N) is 2. The fraction of sp³-hybridized carbons (Fsp3) is 0.0526. The molecule has 0 amide bonds. The molecule has 0 radical (unpaired) electrons. The van der Waals surface area contributed by atoms with E-state index in [1.807, 2.05) is 37.3 Å². The molecule has 0 unspecified atom stereocenters. The van der Waals surface area contributed by atoms with Gasteiger partial charge in [-0.2, -0.15) is 0 Å². The highest BCUT2D eigenvalue weighted by Gasteiger charge is 2.13. The van der Waals surface area contributed by atoms with Crippen LogP contribution in [0, 0.1) is 6.92 Å². The van der Waals surface area contributed by atoms with Gasteiger partial charge in [-0.05, 0) is 30.7 Å². The second-order valence-electron chi connectivity index (χ2n) is 5.02. The zero-order chi connectivity index (χ0) is 14.2. The lowest BCUT2D eigenvalue weighted by molar-refractivity contribution is 1.09. The molecule has 0 aliphatic heterocycles. The first-order valence-electron chi connectivity index (χ1n) is 6.87. The second-order valence-corrected chi connectivity index (χ2v) is 5.02. The highest BCUT2D eigenvalue weighted by molar-refractivity contribution is 5.95. The van der Waals surface area contributed by atoms with Crippen molar-refractivity contribution in [1.82, 2.24) is 9.97 Å². The zero-order valence-corrected chi connectivity index (χ0v) is 11.6. The molecular formula is C19H12N2. The van der Waals surface area contributed by atoms with Crippen molar-refractivity contribution in [3.8, 4) is 11.3 Å². The van der Waals surface area contributed by atoms with Gasteiger partial charge in [-0.3, -0.25) is 0 Å². The Balaban J connectivity index is 2.10. The summed E-state index contributed by atoms with van der Waals surface area (Å²) in [5.41, 5.74) is 11.4. The van der Waals surface area contributed by atoms with Crippen molar-refractivity contribution in [2.75, 3.05) is 0 Å². The lowest BCUT2D eigenvalue weighted by atomic mass is 9.95. The van der Waals surface area contributed by atoms with Gasteiger partial charge in [0.25, 0.3) is 0 Å². The van der Waals surface area contributed by atoms with Gasteiger partial charge in [0.05, 0.1) is 11.2 Å². The maximum atomic E-state index is 4.69. The van der Waals surface area contributed by atoms with Crippen LogP contribution in [0.2, 0.25) is 0 Å². The third kappa shape index (κ3) is 1.91. The summed E-state index contributed by atoms with van der Waals surface area (Å²) in [6.45, 7) is 1.93. The van der Waals surface area contributed by atoms with Gasteiger partial charge >= 0.3 is 0 Å². The molecule has 0 atom stereocenters. The summed E-state index contributed by atoms with van der Waals surface area (Å²) in [5.74, 6) is 0.784. The van der Waals surface area contributed by atoms with Crippen LogP contribution in [0.3, 0.4) is 0 Å². The van der Waals surface area contributed by atoms with Crippen molar-refractivity contribution in [2.45, 2.75) is 6.92 Å². The SMILES string of the molecule is Cc1nc(-c2cccc3c2C=C=C=C3)c2ccccc2n1. The van der Waals surface area contributed by atoms with E-state index in [9.17, 15) is 0 Å². The average molecular weight is 268 g/mol. The Morgan fingerprint density at radius 1 is 0.857 bits per heavy atom. The van der Waals surface area contributed by atoms with Crippen LogP contribution in [0.4, 0.5) is 0 Å². The fourth-order valence-electron chi connectivity index (χ4n) is 2.71. The van der Waals surface area contributed by atoms with Gasteiger partial charge in [0.15, 0.2) is 0 Å². The molecule has 0 N–H and O–H groups in total. The molecule has 2 aromatic carbocycles. The van der Waals surface area contributed by atoms with Crippen LogP contribution in [0.15, 0.2) is 53.9 Å². The molecule has 0 saturated carbocycles. The summed E-state index contributed by atoms with van der Waals surface area (Å²) in [6, 6.07) is 14.4. The topological polar surface area (TPSA) is 25.8 Å². The molecule has 1 aromatic heterocycles. The Bertz CT molecular complexity index is 970. The molecule has 3 aromatic rings. The molecule has 21 heavy (non-hydrogen) atoms. The van der Waals surface area contributed by atoms with Gasteiger partial charge in [0.2, 0.25) is 0 Å². The standard InChI is InChI=1S/C19H12N2/c1-13-20-18-12-5-4-10-17(18)19(21-13)16-11-6-8-14-7-2-3-9-15(14)16/h4-12H,1H3. The third-order valence-electron chi connectivity index (χ3n) is 3.64. The van der Waals surface area contributed by atoms with Gasteiger partial charge in [-0.25, -0.2) is 9.97 Å². The van der Waals surface area contributed by atoms with Crippen LogP contribution in [-0.2, 0) is 0 Å². The Morgan fingerprint density at radius 2 is 1.71 bits per heavy atom. The molecular weight excluding hydrogens is 256 g/mol. The van der Waals surface area contributed by atoms with E-state index in [4.69, 9.17) is 0 Å². The van der Waals surface area contributed by atoms with E-state index >= 15 is 0 Å². The average Bonchev–Trinajstić information content (AvgIpc) is 2.53. The number of hydrogen-bond donors (Lipinski definition) is 0. The maximum Gasteiger partial charge on any atom is 0.126 e. The number of hydrogen-bond acceptors (Lipinski definition) is 2. The van der Waals surface area contributed by atoms with Crippen LogP contribution in [0.25, 0.3) is 34.3 Å². The van der Waals surface area contributed by atoms with Crippen LogP contribution in [0.5, 0.6) is 0 Å². The molecule has 2 nitrogen and oxygen atoms in total. The largest absolute Gasteiger partial charge is 0.233 e. The minimum absolute atomic E-state index is 0.784. The predicted molar refractivity (Wildman–Crippen MR) is 85.7 cm³/mol. The summed E-state index contributed by atoms with van der Waals surface area (Å²) in [5, 5.41) is 1.07. The molecule has 0 fully saturated rings. The van der Waals surface area contributed by atoms with Crippen LogP contribution < -0.4 is 0 Å². The zero-order valence-electron chi connectivity index (χ0n) is 11.6. The number of fused-ring (bicyclic) bond motifs is 2. The molecule has 0 saturated heterocycles. The first-order chi connectivity index (χ1) is 10.3. The first kappa shape index (κ1) is 11.9. The third-order valence-corrected chi connectivity index (χ3v) is 3.64. The minimum atomic E-state index is 0.784. The Morgan fingerprint density at radius 3 is 2.67 bits per heavy atom. The van der Waals surface area contributed by atoms with Crippen LogP contribution in [-0.4, -0.2) is 9.97 Å². The van der Waals surface area contributed by atoms with Crippen molar-refractivity contribution in [3.63, 3.8) is 0 Å². The first-order valence-corrected chi connectivity index (χ1v) is 6.87. The maximum absolute atomic E-state index is 4.69. The van der Waals surface area contributed by atoms with Gasteiger partial charge < -0.3 is 0 Å². The highest BCUT2D eigenvalue weighted by atomic mass is 14.9. The lowest BCUT2D eigenvalue weighted by Gasteiger charge is -2.12. The quantitative estimate of drug-likeness (QED) is 0.478. The number of benzene rings is 2. The van der Waals surface area contributed by atoms with E-state index in [1.165, 1.54) is 0 Å². The van der Waals surface area contributed by atoms with E-state index in [-0.39, 0.29) is 0 Å². The molecule has 1 aliphatic rings. The van der Waals surface area contributed by atoms with Gasteiger partial charge in [0.1, 0.15) is 5.82 Å². The van der Waals surface area contributed by atoms with Crippen molar-refractivity contribution in [1.29, 1.82) is 0 Å². The fourth-order valence-corrected chi connectivity index (χ4v) is 2.71. The summed E-state index contributed by atoms with van der Waals surface area (Å²) in [7, 11) is 0. The van der Waals surface area contributed by atoms with E-state index in [0.717, 1.165) is 39.1 Å². The van der Waals surface area contributed by atoms with Crippen molar-refractivity contribution in [3.05, 3.63) is 70.9 Å². The molecule has 2 heteroatoms. The summed E-state index contributed by atoms with van der Waals surface area (Å²) in [6.07, 6.45) is 3.92. The summed E-state index contributed by atoms with van der Waals surface area (Å²) >= 11 is 0. The number of para-hydroxylation sites is 1. The van der Waals surface area contributed by atoms with Crippen molar-refractivity contribution >= 4 is 23.1 Å². The predicted octanol–water partition coefficient (Wildman–Crippen LogP) is 4.40. The molecule has 0 bridgehead atoms. The lowest BCUT2D eigenvalue weighted by Crippen LogP contribution is -1.96. The summed E-state index contributed by atoms with van der Waals surface area (Å²) < 4.78 is 0. The number of aryl methyl sites for hydroxylation is 1. The Labute approximate surface area is 122 Å². The smallest absolute Gasteiger partial charge is 0.126 e. The van der Waals surface area contributed by atoms with E-state index in [2.05, 4.69) is 45.7 Å². The Kier molecular flexibility index (Phi) is 2.58. The van der Waals surface area contributed by atoms with E-state index in [1.54, 1.807) is 0 Å². The molecule has 0 spiro atoms. The summed E-state index contributed by atoms with van der Waals surface area (Å²) in [4.78, 5) is 9.20. The van der Waals surface area contributed by atoms with E-state index < -0.39 is 0 Å². The van der Waals surface area contributed by atoms with Crippen LogP contribution in [0.1, 0.15) is 17.0 Å². The number of aromatic nitrogens is 2. The minimum Gasteiger partial charge on any atom is -0.233 e. The highest BCUT2D eigenvalue weighted by Crippen LogP contribution is 2.32. The van der Waals surface area contributed by atoms with Gasteiger partial charge in [-0.1, -0.05) is 47.9 Å². The van der Waals surface area contributed by atoms with Gasteiger partial charge in [0, 0.05) is 16.5 Å². The number of rotatable bonds is 1. The van der Waals surface area contributed by atoms with Crippen molar-refractivity contribution < 1.29 is 0 Å². The normalized spacial score (nSPS) is 11.9. The van der Waals surface area contributed by atoms with Crippen LogP contribution >= 0.6 is 0 Å². The van der Waals surface area contributed by atoms with Gasteiger partial charge in [-0.15, -0.1) is 0 Å². The monoisotopic (exact) mass is 268 g/mol. The molecule has 4 rings (SSSR count). The molecule has 1 heterocycles. The second kappa shape index (κ2) is 4.57. The molecule has 1 aliphatic carbocycles. The van der Waals surface area contributed by atoms with Crippen molar-refractivity contribution in [2.24, 2.45) is 0 Å². The van der Waals surface area contributed by atoms with E-state index in [0.29, 0.717) is 0 Å². The Hall–Kier alpha value is -2.92.